The Labute approximate surface area is 111 Å². The highest BCUT2D eigenvalue weighted by Crippen LogP contribution is 2.30. The SMILES string of the molecule is CCOC1CC(Nc2nc(NC)ccc2[N+](=O)[O-])C1. The molecule has 0 radical (unpaired) electrons. The van der Waals surface area contributed by atoms with Crippen molar-refractivity contribution in [3.63, 3.8) is 0 Å². The number of nitrogens with zero attached hydrogens (tertiary/aromatic N) is 2. The van der Waals surface area contributed by atoms with Gasteiger partial charge in [-0.1, -0.05) is 0 Å². The highest BCUT2D eigenvalue weighted by atomic mass is 16.6. The van der Waals surface area contributed by atoms with E-state index in [1.54, 1.807) is 13.1 Å². The lowest BCUT2D eigenvalue weighted by Crippen LogP contribution is -2.41. The van der Waals surface area contributed by atoms with Gasteiger partial charge in [0.2, 0.25) is 5.82 Å². The van der Waals surface area contributed by atoms with Crippen molar-refractivity contribution >= 4 is 17.3 Å². The number of pyridine rings is 1. The van der Waals surface area contributed by atoms with E-state index < -0.39 is 4.92 Å². The molecular weight excluding hydrogens is 248 g/mol. The Morgan fingerprint density at radius 3 is 2.84 bits per heavy atom. The highest BCUT2D eigenvalue weighted by molar-refractivity contribution is 5.60. The van der Waals surface area contributed by atoms with Crippen LogP contribution in [0.25, 0.3) is 0 Å². The van der Waals surface area contributed by atoms with Crippen LogP contribution in [0.5, 0.6) is 0 Å². The molecule has 0 spiro atoms. The van der Waals surface area contributed by atoms with Crippen molar-refractivity contribution in [1.82, 2.24) is 4.98 Å². The fraction of sp³-hybridized carbons (Fsp3) is 0.583. The predicted molar refractivity (Wildman–Crippen MR) is 72.5 cm³/mol. The first-order valence-electron chi connectivity index (χ1n) is 6.35. The Balaban J connectivity index is 2.04. The standard InChI is InChI=1S/C12H18N4O3/c1-3-19-9-6-8(7-9)14-12-10(16(17)18)4-5-11(13-2)15-12/h4-5,8-9H,3,6-7H2,1-2H3,(H2,13,14,15). The minimum absolute atomic E-state index is 0.00106. The Kier molecular flexibility index (Phi) is 4.16. The van der Waals surface area contributed by atoms with Crippen LogP contribution in [0.3, 0.4) is 0 Å². The van der Waals surface area contributed by atoms with Crippen LogP contribution in [-0.2, 0) is 4.74 Å². The Bertz CT molecular complexity index is 460. The summed E-state index contributed by atoms with van der Waals surface area (Å²) in [5.41, 5.74) is -0.00106. The van der Waals surface area contributed by atoms with Crippen LogP contribution in [0, 0.1) is 10.1 Å². The second-order valence-corrected chi connectivity index (χ2v) is 4.46. The summed E-state index contributed by atoms with van der Waals surface area (Å²) in [6.07, 6.45) is 1.97. The van der Waals surface area contributed by atoms with Crippen molar-refractivity contribution in [2.75, 3.05) is 24.3 Å². The molecule has 1 fully saturated rings. The average Bonchev–Trinajstić information content (AvgIpc) is 2.35. The van der Waals surface area contributed by atoms with Crippen LogP contribution < -0.4 is 10.6 Å². The molecule has 7 nitrogen and oxygen atoms in total. The van der Waals surface area contributed by atoms with Crippen LogP contribution >= 0.6 is 0 Å². The van der Waals surface area contributed by atoms with Crippen molar-refractivity contribution in [3.05, 3.63) is 22.2 Å². The molecule has 2 rings (SSSR count). The number of ether oxygens (including phenoxy) is 1. The van der Waals surface area contributed by atoms with E-state index in [4.69, 9.17) is 4.74 Å². The molecule has 1 aliphatic carbocycles. The first kappa shape index (κ1) is 13.5. The molecular formula is C12H18N4O3. The van der Waals surface area contributed by atoms with Crippen molar-refractivity contribution in [1.29, 1.82) is 0 Å². The second kappa shape index (κ2) is 5.83. The zero-order valence-electron chi connectivity index (χ0n) is 11.0. The van der Waals surface area contributed by atoms with Crippen molar-refractivity contribution in [2.24, 2.45) is 0 Å². The lowest BCUT2D eigenvalue weighted by molar-refractivity contribution is -0.384. The molecule has 2 N–H and O–H groups in total. The molecule has 19 heavy (non-hydrogen) atoms. The zero-order valence-corrected chi connectivity index (χ0v) is 11.0. The lowest BCUT2D eigenvalue weighted by atomic mass is 9.89. The lowest BCUT2D eigenvalue weighted by Gasteiger charge is -2.35. The second-order valence-electron chi connectivity index (χ2n) is 4.46. The molecule has 7 heteroatoms. The van der Waals surface area contributed by atoms with Crippen molar-refractivity contribution in [3.8, 4) is 0 Å². The normalized spacial score (nSPS) is 21.6. The van der Waals surface area contributed by atoms with E-state index in [9.17, 15) is 10.1 Å². The van der Waals surface area contributed by atoms with Gasteiger partial charge >= 0.3 is 5.69 Å². The number of rotatable bonds is 6. The van der Waals surface area contributed by atoms with E-state index in [1.807, 2.05) is 6.92 Å². The average molecular weight is 266 g/mol. The quantitative estimate of drug-likeness (QED) is 0.604. The van der Waals surface area contributed by atoms with Gasteiger partial charge in [-0.2, -0.15) is 0 Å². The van der Waals surface area contributed by atoms with E-state index in [-0.39, 0.29) is 17.8 Å². The van der Waals surface area contributed by atoms with Gasteiger partial charge in [0, 0.05) is 25.8 Å². The van der Waals surface area contributed by atoms with Gasteiger partial charge in [-0.25, -0.2) is 4.98 Å². The summed E-state index contributed by atoms with van der Waals surface area (Å²) in [7, 11) is 1.73. The Hall–Kier alpha value is -1.89. The highest BCUT2D eigenvalue weighted by Gasteiger charge is 2.31. The topological polar surface area (TPSA) is 89.3 Å². The summed E-state index contributed by atoms with van der Waals surface area (Å²) in [6, 6.07) is 3.24. The number of hydrogen-bond donors (Lipinski definition) is 2. The molecule has 104 valence electrons. The summed E-state index contributed by atoms with van der Waals surface area (Å²) in [6.45, 7) is 2.66. The van der Waals surface area contributed by atoms with Gasteiger partial charge in [0.25, 0.3) is 0 Å². The molecule has 1 aromatic heterocycles. The molecule has 1 heterocycles. The van der Waals surface area contributed by atoms with Gasteiger partial charge in [0.05, 0.1) is 11.0 Å². The van der Waals surface area contributed by atoms with E-state index >= 15 is 0 Å². The molecule has 0 amide bonds. The first-order valence-corrected chi connectivity index (χ1v) is 6.35. The first-order chi connectivity index (χ1) is 9.13. The Morgan fingerprint density at radius 1 is 1.53 bits per heavy atom. The third-order valence-corrected chi connectivity index (χ3v) is 3.16. The van der Waals surface area contributed by atoms with Gasteiger partial charge in [0.15, 0.2) is 0 Å². The molecule has 0 unspecified atom stereocenters. The number of nitrogens with one attached hydrogen (secondary N) is 2. The molecule has 1 aliphatic rings. The predicted octanol–water partition coefficient (Wildman–Crippen LogP) is 2.01. The largest absolute Gasteiger partial charge is 0.378 e. The summed E-state index contributed by atoms with van der Waals surface area (Å²) < 4.78 is 5.46. The zero-order chi connectivity index (χ0) is 13.8. The summed E-state index contributed by atoms with van der Waals surface area (Å²) in [5, 5.41) is 16.9. The molecule has 0 aliphatic heterocycles. The number of nitro groups is 1. The van der Waals surface area contributed by atoms with Crippen LogP contribution in [0.4, 0.5) is 17.3 Å². The third kappa shape index (κ3) is 3.11. The molecule has 1 aromatic rings. The van der Waals surface area contributed by atoms with E-state index in [2.05, 4.69) is 15.6 Å². The molecule has 0 bridgehead atoms. The van der Waals surface area contributed by atoms with E-state index in [1.165, 1.54) is 6.07 Å². The van der Waals surface area contributed by atoms with Crippen LogP contribution in [0.2, 0.25) is 0 Å². The summed E-state index contributed by atoms with van der Waals surface area (Å²) in [4.78, 5) is 14.7. The van der Waals surface area contributed by atoms with Crippen LogP contribution in [0.15, 0.2) is 12.1 Å². The molecule has 0 saturated heterocycles. The van der Waals surface area contributed by atoms with Gasteiger partial charge < -0.3 is 15.4 Å². The molecule has 0 aromatic carbocycles. The van der Waals surface area contributed by atoms with E-state index in [0.29, 0.717) is 18.2 Å². The smallest absolute Gasteiger partial charge is 0.311 e. The molecule has 1 saturated carbocycles. The fourth-order valence-electron chi connectivity index (χ4n) is 2.09. The van der Waals surface area contributed by atoms with Crippen LogP contribution in [-0.4, -0.2) is 35.7 Å². The number of anilines is 2. The number of hydrogen-bond acceptors (Lipinski definition) is 6. The number of aromatic nitrogens is 1. The van der Waals surface area contributed by atoms with E-state index in [0.717, 1.165) is 12.8 Å². The van der Waals surface area contributed by atoms with Gasteiger partial charge in [-0.05, 0) is 25.8 Å². The minimum Gasteiger partial charge on any atom is -0.378 e. The summed E-state index contributed by atoms with van der Waals surface area (Å²) in [5.74, 6) is 0.922. The monoisotopic (exact) mass is 266 g/mol. The van der Waals surface area contributed by atoms with Gasteiger partial charge in [0.1, 0.15) is 5.82 Å². The maximum atomic E-state index is 11.0. The summed E-state index contributed by atoms with van der Waals surface area (Å²) >= 11 is 0. The molecule has 0 atom stereocenters. The van der Waals surface area contributed by atoms with Crippen LogP contribution in [0.1, 0.15) is 19.8 Å². The van der Waals surface area contributed by atoms with Gasteiger partial charge in [-0.15, -0.1) is 0 Å². The van der Waals surface area contributed by atoms with Gasteiger partial charge in [-0.3, -0.25) is 10.1 Å². The third-order valence-electron chi connectivity index (χ3n) is 3.16. The van der Waals surface area contributed by atoms with Crippen molar-refractivity contribution < 1.29 is 9.66 Å². The maximum absolute atomic E-state index is 11.0. The Morgan fingerprint density at radius 2 is 2.26 bits per heavy atom. The maximum Gasteiger partial charge on any atom is 0.311 e. The minimum atomic E-state index is -0.423. The van der Waals surface area contributed by atoms with Crippen molar-refractivity contribution in [2.45, 2.75) is 31.9 Å². The fourth-order valence-corrected chi connectivity index (χ4v) is 2.09.